The van der Waals surface area contributed by atoms with E-state index < -0.39 is 30.2 Å². The Balaban J connectivity index is 4.07. The average molecular weight is 212 g/mol. The van der Waals surface area contributed by atoms with Gasteiger partial charge in [0.2, 0.25) is 0 Å². The lowest BCUT2D eigenvalue weighted by Gasteiger charge is -2.23. The summed E-state index contributed by atoms with van der Waals surface area (Å²) in [6, 6.07) is 0. The maximum absolute atomic E-state index is 9.18. The first kappa shape index (κ1) is 12.3. The van der Waals surface area contributed by atoms with Gasteiger partial charge in [0.25, 0.3) is 0 Å². The second kappa shape index (κ2) is 5.85. The van der Waals surface area contributed by atoms with E-state index in [0.29, 0.717) is 0 Å². The van der Waals surface area contributed by atoms with Crippen molar-refractivity contribution in [3.63, 3.8) is 0 Å². The van der Waals surface area contributed by atoms with E-state index >= 15 is 0 Å². The molecule has 0 bridgehead atoms. The second-order valence-corrected chi connectivity index (χ2v) is 3.23. The molecule has 4 unspecified atom stereocenters. The third-order valence-electron chi connectivity index (χ3n) is 1.42. The lowest BCUT2D eigenvalue weighted by Crippen LogP contribution is -2.43. The monoisotopic (exact) mass is 212 g/mol. The molecule has 0 rings (SSSR count). The van der Waals surface area contributed by atoms with Crippen LogP contribution in [0.4, 0.5) is 0 Å². The molecule has 0 saturated heterocycles. The molecule has 4 nitrogen and oxygen atoms in total. The average Bonchev–Trinajstić information content (AvgIpc) is 2.12. The molecule has 0 fully saturated rings. The number of hydrogen-bond acceptors (Lipinski definition) is 6. The van der Waals surface area contributed by atoms with Gasteiger partial charge in [-0.3, -0.25) is 0 Å². The van der Waals surface area contributed by atoms with Crippen LogP contribution in [-0.4, -0.2) is 56.0 Å². The molecule has 72 valence electrons. The van der Waals surface area contributed by atoms with Crippen molar-refractivity contribution in [2.75, 3.05) is 6.61 Å². The van der Waals surface area contributed by atoms with Gasteiger partial charge in [0.05, 0.1) is 24.1 Å². The molecule has 0 aliphatic heterocycles. The Morgan fingerprint density at radius 3 is 2.17 bits per heavy atom. The van der Waals surface area contributed by atoms with Crippen molar-refractivity contribution >= 4 is 30.2 Å². The molecule has 0 heterocycles. The molecule has 0 amide bonds. The van der Waals surface area contributed by atoms with E-state index in [9.17, 15) is 5.11 Å². The summed E-state index contributed by atoms with van der Waals surface area (Å²) >= 11 is 8.24. The van der Waals surface area contributed by atoms with E-state index in [2.05, 4.69) is 24.8 Å². The first-order chi connectivity index (χ1) is 5.54. The minimum Gasteiger partial charge on any atom is -0.394 e. The number of thiocarbonyl (C=S) groups is 1. The van der Waals surface area contributed by atoms with Gasteiger partial charge in [-0.1, -0.05) is 12.2 Å². The molecular formula is C6H12O4S2. The van der Waals surface area contributed by atoms with Crippen molar-refractivity contribution in [1.29, 1.82) is 0 Å². The van der Waals surface area contributed by atoms with Gasteiger partial charge in [-0.15, -0.1) is 0 Å². The molecule has 0 radical (unpaired) electrons. The van der Waals surface area contributed by atoms with Crippen LogP contribution >= 0.6 is 24.8 Å². The van der Waals surface area contributed by atoms with Gasteiger partial charge in [-0.05, 0) is 0 Å². The van der Waals surface area contributed by atoms with Gasteiger partial charge in [-0.2, -0.15) is 12.6 Å². The highest BCUT2D eigenvalue weighted by Crippen LogP contribution is 2.10. The van der Waals surface area contributed by atoms with E-state index in [1.807, 2.05) is 0 Å². The number of hydrogen-bond donors (Lipinski definition) is 5. The predicted octanol–water partition coefficient (Wildman–Crippen LogP) is -1.64. The van der Waals surface area contributed by atoms with Crippen molar-refractivity contribution in [2.45, 2.75) is 23.6 Å². The van der Waals surface area contributed by atoms with Gasteiger partial charge in [-0.25, -0.2) is 0 Å². The van der Waals surface area contributed by atoms with Crippen LogP contribution in [0.1, 0.15) is 0 Å². The van der Waals surface area contributed by atoms with Gasteiger partial charge in [0.1, 0.15) is 6.10 Å². The smallest absolute Gasteiger partial charge is 0.104 e. The van der Waals surface area contributed by atoms with Crippen LogP contribution in [0, 0.1) is 0 Å². The SMILES string of the molecule is OCC(O)C(O)C(S)C(O)C=S. The highest BCUT2D eigenvalue weighted by Gasteiger charge is 2.27. The Labute approximate surface area is 81.3 Å². The number of aliphatic hydroxyl groups is 4. The number of thiol groups is 1. The van der Waals surface area contributed by atoms with Gasteiger partial charge in [0, 0.05) is 5.37 Å². The summed E-state index contributed by atoms with van der Waals surface area (Å²) in [4.78, 5) is 0. The topological polar surface area (TPSA) is 80.9 Å². The zero-order valence-corrected chi connectivity index (χ0v) is 7.95. The summed E-state index contributed by atoms with van der Waals surface area (Å²) in [5.74, 6) is 0. The summed E-state index contributed by atoms with van der Waals surface area (Å²) in [6.07, 6.45) is -3.69. The zero-order valence-electron chi connectivity index (χ0n) is 6.24. The molecule has 0 saturated carbocycles. The summed E-state index contributed by atoms with van der Waals surface area (Å²) in [7, 11) is 0. The maximum Gasteiger partial charge on any atom is 0.104 e. The fourth-order valence-electron chi connectivity index (χ4n) is 0.618. The molecule has 4 atom stereocenters. The van der Waals surface area contributed by atoms with Crippen LogP contribution in [0.2, 0.25) is 0 Å². The van der Waals surface area contributed by atoms with Crippen molar-refractivity contribution in [1.82, 2.24) is 0 Å². The highest BCUT2D eigenvalue weighted by molar-refractivity contribution is 7.81. The molecule has 12 heavy (non-hydrogen) atoms. The van der Waals surface area contributed by atoms with Gasteiger partial charge < -0.3 is 20.4 Å². The van der Waals surface area contributed by atoms with Crippen LogP contribution in [0.5, 0.6) is 0 Å². The first-order valence-electron chi connectivity index (χ1n) is 3.33. The fraction of sp³-hybridized carbons (Fsp3) is 0.833. The summed E-state index contributed by atoms with van der Waals surface area (Å²) in [5.41, 5.74) is 0. The third-order valence-corrected chi connectivity index (χ3v) is 2.31. The van der Waals surface area contributed by atoms with E-state index in [0.717, 1.165) is 5.37 Å². The Hall–Kier alpha value is 0.280. The van der Waals surface area contributed by atoms with E-state index in [-0.39, 0.29) is 0 Å². The summed E-state index contributed by atoms with van der Waals surface area (Å²) in [6.45, 7) is -0.581. The largest absolute Gasteiger partial charge is 0.394 e. The van der Waals surface area contributed by atoms with Crippen LogP contribution in [0.15, 0.2) is 0 Å². The van der Waals surface area contributed by atoms with Crippen molar-refractivity contribution < 1.29 is 20.4 Å². The Morgan fingerprint density at radius 1 is 1.33 bits per heavy atom. The Kier molecular flexibility index (Phi) is 5.98. The molecule has 0 aliphatic rings. The molecule has 0 aromatic rings. The molecule has 0 aromatic carbocycles. The lowest BCUT2D eigenvalue weighted by atomic mass is 10.1. The quantitative estimate of drug-likeness (QED) is 0.279. The third kappa shape index (κ3) is 3.34. The first-order valence-corrected chi connectivity index (χ1v) is 4.31. The van der Waals surface area contributed by atoms with E-state index in [1.165, 1.54) is 0 Å². The molecule has 0 spiro atoms. The van der Waals surface area contributed by atoms with Crippen molar-refractivity contribution in [3.05, 3.63) is 0 Å². The van der Waals surface area contributed by atoms with Crippen molar-refractivity contribution in [2.24, 2.45) is 0 Å². The number of rotatable bonds is 5. The van der Waals surface area contributed by atoms with Gasteiger partial charge >= 0.3 is 0 Å². The van der Waals surface area contributed by atoms with Crippen molar-refractivity contribution in [3.8, 4) is 0 Å². The van der Waals surface area contributed by atoms with Crippen LogP contribution in [-0.2, 0) is 0 Å². The standard InChI is InChI=1S/C6H12O4S2/c7-1-3(8)5(10)6(12)4(9)2-11/h2-10,12H,1H2. The minimum atomic E-state index is -1.31. The minimum absolute atomic E-state index is 0.581. The van der Waals surface area contributed by atoms with Crippen LogP contribution < -0.4 is 0 Å². The maximum atomic E-state index is 9.18. The molecule has 4 N–H and O–H groups in total. The van der Waals surface area contributed by atoms with E-state index in [4.69, 9.17) is 15.3 Å². The zero-order chi connectivity index (χ0) is 9.72. The van der Waals surface area contributed by atoms with E-state index in [1.54, 1.807) is 0 Å². The number of aliphatic hydroxyl groups excluding tert-OH is 4. The van der Waals surface area contributed by atoms with Crippen LogP contribution in [0.3, 0.4) is 0 Å². The Bertz CT molecular complexity index is 144. The summed E-state index contributed by atoms with van der Waals surface area (Å²) in [5, 5.41) is 35.8. The summed E-state index contributed by atoms with van der Waals surface area (Å²) < 4.78 is 0. The molecule has 0 aromatic heterocycles. The predicted molar refractivity (Wildman–Crippen MR) is 51.5 cm³/mol. The Morgan fingerprint density at radius 2 is 1.83 bits per heavy atom. The molecule has 6 heteroatoms. The van der Waals surface area contributed by atoms with Crippen LogP contribution in [0.25, 0.3) is 0 Å². The molecular weight excluding hydrogens is 200 g/mol. The second-order valence-electron chi connectivity index (χ2n) is 2.36. The normalized spacial score (nSPS) is 21.1. The highest BCUT2D eigenvalue weighted by atomic mass is 32.1. The lowest BCUT2D eigenvalue weighted by molar-refractivity contribution is -0.0240. The van der Waals surface area contributed by atoms with Gasteiger partial charge in [0.15, 0.2) is 0 Å². The fourth-order valence-corrected chi connectivity index (χ4v) is 1.19. The molecule has 0 aliphatic carbocycles.